The summed E-state index contributed by atoms with van der Waals surface area (Å²) in [5.74, 6) is 6.66. The van der Waals surface area contributed by atoms with E-state index < -0.39 is 17.0 Å². The van der Waals surface area contributed by atoms with E-state index in [1.165, 1.54) is 0 Å². The molecular formula is C38H31BrClF2N7O5. The second-order valence-electron chi connectivity index (χ2n) is 14.1. The standard InChI is InChI=1S/C24H22F2N4O3.C14H9BrClN3O2/c1-22(12-31-13-22)5-4-15-2-3-18-16(8-15)24(14-32-21(27)29-24)17-9-20(28-10-19(17)33-18)30-7-6-23(25,26)11-30;15-7-1-2-10-8(3-7)14(6-20-13(17)19-14)9-4-12(16)18-5-11(9)21-10/h2-3,8-10H,6-7,11-14H2,1H3,(H2,27,29);1-5H,6H2,(H2,17,19)/t24-;14-/m00/s1. The fraction of sp³-hybridized carbons (Fsp3) is 0.316. The maximum atomic E-state index is 13.8. The van der Waals surface area contributed by atoms with Crippen LogP contribution in [0.4, 0.5) is 14.6 Å². The number of fused-ring (bicyclic) bond motifs is 8. The number of halogens is 4. The number of rotatable bonds is 1. The molecule has 0 amide bonds. The van der Waals surface area contributed by atoms with Crippen molar-refractivity contribution in [3.63, 3.8) is 0 Å². The van der Waals surface area contributed by atoms with Crippen molar-refractivity contribution in [1.29, 1.82) is 0 Å². The lowest BCUT2D eigenvalue weighted by Gasteiger charge is -2.34. The Bertz CT molecular complexity index is 2310. The lowest BCUT2D eigenvalue weighted by Crippen LogP contribution is -2.38. The third-order valence-corrected chi connectivity index (χ3v) is 10.8. The summed E-state index contributed by atoms with van der Waals surface area (Å²) in [5, 5.41) is 0.371. The van der Waals surface area contributed by atoms with Crippen LogP contribution in [-0.2, 0) is 25.3 Å². The van der Waals surface area contributed by atoms with Gasteiger partial charge in [0.25, 0.3) is 18.0 Å². The quantitative estimate of drug-likeness (QED) is 0.168. The number of aromatic nitrogens is 2. The molecule has 2 atom stereocenters. The van der Waals surface area contributed by atoms with Crippen LogP contribution in [-0.4, -0.2) is 67.5 Å². The highest BCUT2D eigenvalue weighted by atomic mass is 79.9. The van der Waals surface area contributed by atoms with Gasteiger partial charge < -0.3 is 40.1 Å². The Morgan fingerprint density at radius 3 is 2.00 bits per heavy atom. The number of nitrogens with zero attached hydrogens (tertiary/aromatic N) is 5. The lowest BCUT2D eigenvalue weighted by atomic mass is 9.81. The molecule has 4 aromatic rings. The molecule has 6 aliphatic heterocycles. The van der Waals surface area contributed by atoms with Crippen molar-refractivity contribution in [1.82, 2.24) is 9.97 Å². The monoisotopic (exact) mass is 817 g/mol. The Balaban J connectivity index is 0.000000157. The van der Waals surface area contributed by atoms with Gasteiger partial charge in [-0.15, -0.1) is 0 Å². The van der Waals surface area contributed by atoms with Gasteiger partial charge in [-0.2, -0.15) is 0 Å². The summed E-state index contributed by atoms with van der Waals surface area (Å²) < 4.78 is 56.9. The fourth-order valence-electron chi connectivity index (χ4n) is 7.34. The minimum Gasteiger partial charge on any atom is -0.462 e. The molecule has 0 bridgehead atoms. The zero-order valence-corrected chi connectivity index (χ0v) is 31.0. The van der Waals surface area contributed by atoms with Crippen molar-refractivity contribution in [2.24, 2.45) is 26.9 Å². The molecule has 0 unspecified atom stereocenters. The number of alkyl halides is 2. The van der Waals surface area contributed by atoms with Crippen LogP contribution in [0.5, 0.6) is 23.0 Å². The van der Waals surface area contributed by atoms with Crippen molar-refractivity contribution in [3.05, 3.63) is 98.4 Å². The van der Waals surface area contributed by atoms with Crippen LogP contribution >= 0.6 is 27.5 Å². The molecule has 2 saturated heterocycles. The molecule has 276 valence electrons. The minimum atomic E-state index is -2.73. The number of pyridine rings is 2. The average molecular weight is 819 g/mol. The van der Waals surface area contributed by atoms with Crippen LogP contribution in [0.25, 0.3) is 0 Å². The summed E-state index contributed by atoms with van der Waals surface area (Å²) >= 11 is 9.51. The van der Waals surface area contributed by atoms with Crippen LogP contribution in [0.2, 0.25) is 5.15 Å². The first-order chi connectivity index (χ1) is 25.8. The number of hydrogen-bond acceptors (Lipinski definition) is 12. The number of anilines is 1. The number of ether oxygens (including phenoxy) is 5. The zero-order chi connectivity index (χ0) is 37.5. The average Bonchev–Trinajstić information content (AvgIpc) is 3.84. The van der Waals surface area contributed by atoms with E-state index in [1.807, 2.05) is 36.4 Å². The molecule has 16 heteroatoms. The van der Waals surface area contributed by atoms with Gasteiger partial charge in [0.2, 0.25) is 0 Å². The van der Waals surface area contributed by atoms with Gasteiger partial charge in [-0.05, 0) is 55.5 Å². The van der Waals surface area contributed by atoms with E-state index in [2.05, 4.69) is 54.6 Å². The van der Waals surface area contributed by atoms with Gasteiger partial charge in [0.15, 0.2) is 22.6 Å². The largest absolute Gasteiger partial charge is 0.462 e. The van der Waals surface area contributed by atoms with Crippen LogP contribution in [0.15, 0.2) is 75.4 Å². The van der Waals surface area contributed by atoms with E-state index >= 15 is 0 Å². The SMILES string of the molecule is CC1(C#Cc2ccc3c(c2)[C@@]2(COC(N)=N2)c2cc(N4CCC(F)(F)C4)ncc2O3)COC1.NC1=N[C@@]2(CO1)c1cc(Br)ccc1Oc1cnc(Cl)cc12. The smallest absolute Gasteiger partial charge is 0.283 e. The van der Waals surface area contributed by atoms with Gasteiger partial charge in [0.05, 0.1) is 37.6 Å². The predicted octanol–water partition coefficient (Wildman–Crippen LogP) is 6.20. The molecule has 2 aromatic heterocycles. The summed E-state index contributed by atoms with van der Waals surface area (Å²) in [6.45, 7) is 3.63. The van der Waals surface area contributed by atoms with Crippen molar-refractivity contribution in [3.8, 4) is 34.8 Å². The van der Waals surface area contributed by atoms with E-state index in [-0.39, 0.29) is 43.6 Å². The molecule has 54 heavy (non-hydrogen) atoms. The number of hydrogen-bond donors (Lipinski definition) is 2. The molecule has 2 aromatic carbocycles. The fourth-order valence-corrected chi connectivity index (χ4v) is 7.86. The molecule has 12 nitrogen and oxygen atoms in total. The minimum absolute atomic E-state index is 0.0653. The summed E-state index contributed by atoms with van der Waals surface area (Å²) in [6.07, 6.45) is 2.95. The Morgan fingerprint density at radius 2 is 1.41 bits per heavy atom. The van der Waals surface area contributed by atoms with E-state index in [9.17, 15) is 8.78 Å². The highest BCUT2D eigenvalue weighted by Gasteiger charge is 2.49. The first-order valence-electron chi connectivity index (χ1n) is 17.0. The maximum absolute atomic E-state index is 13.8. The normalized spacial score (nSPS) is 24.3. The summed E-state index contributed by atoms with van der Waals surface area (Å²) in [5.41, 5.74) is 13.8. The summed E-state index contributed by atoms with van der Waals surface area (Å²) in [4.78, 5) is 19.2. The Morgan fingerprint density at radius 1 is 0.796 bits per heavy atom. The second-order valence-corrected chi connectivity index (χ2v) is 15.4. The van der Waals surface area contributed by atoms with E-state index in [0.717, 1.165) is 26.7 Å². The molecular weight excluding hydrogens is 788 g/mol. The van der Waals surface area contributed by atoms with E-state index in [4.69, 9.17) is 46.8 Å². The molecule has 8 heterocycles. The number of amidine groups is 2. The highest BCUT2D eigenvalue weighted by molar-refractivity contribution is 9.10. The molecule has 0 aliphatic carbocycles. The highest BCUT2D eigenvalue weighted by Crippen LogP contribution is 2.53. The number of aliphatic imine (C=N–C) groups is 2. The van der Waals surface area contributed by atoms with Crippen molar-refractivity contribution in [2.45, 2.75) is 30.3 Å². The van der Waals surface area contributed by atoms with Gasteiger partial charge in [0, 0.05) is 45.3 Å². The van der Waals surface area contributed by atoms with Crippen LogP contribution in [0.3, 0.4) is 0 Å². The molecule has 0 radical (unpaired) electrons. The van der Waals surface area contributed by atoms with Gasteiger partial charge in [0.1, 0.15) is 35.7 Å². The molecule has 6 aliphatic rings. The number of nitrogens with two attached hydrogens (primary N) is 2. The lowest BCUT2D eigenvalue weighted by molar-refractivity contribution is -0.0648. The maximum Gasteiger partial charge on any atom is 0.283 e. The first-order valence-corrected chi connectivity index (χ1v) is 18.2. The Hall–Kier alpha value is -5.17. The van der Waals surface area contributed by atoms with Gasteiger partial charge >= 0.3 is 0 Å². The van der Waals surface area contributed by atoms with Crippen molar-refractivity contribution < 1.29 is 32.5 Å². The van der Waals surface area contributed by atoms with Crippen molar-refractivity contribution >= 4 is 45.4 Å². The van der Waals surface area contributed by atoms with Crippen LogP contribution < -0.4 is 25.8 Å². The van der Waals surface area contributed by atoms with Gasteiger partial charge in [-0.25, -0.2) is 28.7 Å². The molecule has 10 rings (SSSR count). The predicted molar refractivity (Wildman–Crippen MR) is 199 cm³/mol. The molecule has 2 spiro atoms. The summed E-state index contributed by atoms with van der Waals surface area (Å²) in [7, 11) is 0. The van der Waals surface area contributed by atoms with Crippen LogP contribution in [0.1, 0.15) is 41.2 Å². The third kappa shape index (κ3) is 5.84. The van der Waals surface area contributed by atoms with E-state index in [1.54, 1.807) is 29.4 Å². The summed E-state index contributed by atoms with van der Waals surface area (Å²) in [6, 6.07) is 15.1. The Labute approximate surface area is 321 Å². The van der Waals surface area contributed by atoms with Gasteiger partial charge in [-0.1, -0.05) is 39.4 Å². The third-order valence-electron chi connectivity index (χ3n) is 10.1. The number of benzene rings is 2. The van der Waals surface area contributed by atoms with Gasteiger partial charge in [-0.3, -0.25) is 0 Å². The van der Waals surface area contributed by atoms with Crippen molar-refractivity contribution in [2.75, 3.05) is 44.4 Å². The second kappa shape index (κ2) is 12.4. The van der Waals surface area contributed by atoms with Crippen LogP contribution in [0, 0.1) is 17.3 Å². The molecule has 4 N–H and O–H groups in total. The molecule has 2 fully saturated rings. The Kier molecular flexibility index (Phi) is 7.97. The topological polar surface area (TPSA) is 152 Å². The van der Waals surface area contributed by atoms with E-state index in [0.29, 0.717) is 59.4 Å². The first kappa shape index (κ1) is 34.6. The zero-order valence-electron chi connectivity index (χ0n) is 28.7. The molecule has 0 saturated carbocycles.